The maximum atomic E-state index is 4.05. The largest absolute Gasteiger partial charge is 0.244 e. The molecule has 2 heterocycles. The van der Waals surface area contributed by atoms with Crippen LogP contribution in [0.5, 0.6) is 0 Å². The lowest BCUT2D eigenvalue weighted by Gasteiger charge is -2.03. The predicted molar refractivity (Wildman–Crippen MR) is 56.8 cm³/mol. The van der Waals surface area contributed by atoms with Crippen LogP contribution in [0.15, 0.2) is 43.1 Å². The van der Waals surface area contributed by atoms with Gasteiger partial charge in [0.1, 0.15) is 6.33 Å². The minimum absolute atomic E-state index is 0.829. The molecule has 2 aromatic heterocycles. The summed E-state index contributed by atoms with van der Waals surface area (Å²) in [6.07, 6.45) is 8.66. The van der Waals surface area contributed by atoms with Crippen molar-refractivity contribution in [3.05, 3.63) is 54.4 Å². The second kappa shape index (κ2) is 4.41. The number of allylic oxidation sites excluding steroid dienone is 1. The van der Waals surface area contributed by atoms with Crippen molar-refractivity contribution >= 4 is 5.57 Å². The molecule has 0 unspecified atom stereocenters. The monoisotopic (exact) mass is 198 g/mol. The molecule has 0 bridgehead atoms. The normalized spacial score (nSPS) is 11.4. The van der Waals surface area contributed by atoms with E-state index in [1.165, 1.54) is 6.33 Å². The highest BCUT2D eigenvalue weighted by Gasteiger charge is 2.05. The Morgan fingerprint density at radius 2 is 2.07 bits per heavy atom. The van der Waals surface area contributed by atoms with E-state index in [4.69, 9.17) is 0 Å². The molecule has 2 aromatic rings. The summed E-state index contributed by atoms with van der Waals surface area (Å²) in [5.74, 6) is 0. The minimum Gasteiger partial charge on any atom is -0.244 e. The molecule has 4 nitrogen and oxygen atoms in total. The van der Waals surface area contributed by atoms with Crippen LogP contribution in [0.25, 0.3) is 5.57 Å². The summed E-state index contributed by atoms with van der Waals surface area (Å²) in [5, 5.41) is 7.90. The first-order valence-electron chi connectivity index (χ1n) is 4.61. The van der Waals surface area contributed by atoms with Gasteiger partial charge in [-0.2, -0.15) is 10.2 Å². The van der Waals surface area contributed by atoms with Crippen molar-refractivity contribution in [2.45, 2.75) is 6.92 Å². The molecule has 0 saturated carbocycles. The Morgan fingerprint density at radius 3 is 2.67 bits per heavy atom. The minimum atomic E-state index is 0.829. The lowest BCUT2D eigenvalue weighted by atomic mass is 10.1. The fraction of sp³-hybridized carbons (Fsp3) is 0.0909. The highest BCUT2D eigenvalue weighted by atomic mass is 15.1. The Labute approximate surface area is 87.7 Å². The van der Waals surface area contributed by atoms with E-state index in [-0.39, 0.29) is 0 Å². The van der Waals surface area contributed by atoms with Crippen LogP contribution >= 0.6 is 0 Å². The van der Waals surface area contributed by atoms with Crippen LogP contribution in [0.3, 0.4) is 0 Å². The SMILES string of the molecule is C/C=C(\c1cncnc1)c1cccnn1. The molecule has 74 valence electrons. The zero-order valence-electron chi connectivity index (χ0n) is 8.33. The third kappa shape index (κ3) is 2.04. The molecule has 0 aliphatic rings. The second-order valence-corrected chi connectivity index (χ2v) is 2.94. The average molecular weight is 198 g/mol. The standard InChI is InChI=1S/C11H10N4/c1-2-10(9-6-12-8-13-7-9)11-4-3-5-14-15-11/h2-8H,1H3/b10-2+. The summed E-state index contributed by atoms with van der Waals surface area (Å²) >= 11 is 0. The number of hydrogen-bond acceptors (Lipinski definition) is 4. The molecule has 0 amide bonds. The van der Waals surface area contributed by atoms with Crippen LogP contribution in [0.4, 0.5) is 0 Å². The van der Waals surface area contributed by atoms with Gasteiger partial charge in [0.15, 0.2) is 0 Å². The highest BCUT2D eigenvalue weighted by molar-refractivity contribution is 5.76. The Morgan fingerprint density at radius 1 is 1.27 bits per heavy atom. The van der Waals surface area contributed by atoms with Crippen molar-refractivity contribution in [1.29, 1.82) is 0 Å². The molecular weight excluding hydrogens is 188 g/mol. The fourth-order valence-corrected chi connectivity index (χ4v) is 1.35. The van der Waals surface area contributed by atoms with E-state index in [9.17, 15) is 0 Å². The molecule has 0 fully saturated rings. The van der Waals surface area contributed by atoms with Gasteiger partial charge >= 0.3 is 0 Å². The van der Waals surface area contributed by atoms with Crippen molar-refractivity contribution in [2.24, 2.45) is 0 Å². The van der Waals surface area contributed by atoms with E-state index >= 15 is 0 Å². The third-order valence-electron chi connectivity index (χ3n) is 2.01. The topological polar surface area (TPSA) is 51.6 Å². The van der Waals surface area contributed by atoms with Crippen molar-refractivity contribution in [3.63, 3.8) is 0 Å². The molecule has 0 saturated heterocycles. The smallest absolute Gasteiger partial charge is 0.115 e. The molecule has 0 atom stereocenters. The second-order valence-electron chi connectivity index (χ2n) is 2.94. The van der Waals surface area contributed by atoms with E-state index in [1.807, 2.05) is 25.1 Å². The van der Waals surface area contributed by atoms with Crippen LogP contribution in [-0.4, -0.2) is 20.2 Å². The molecular formula is C11H10N4. The van der Waals surface area contributed by atoms with Gasteiger partial charge in [0.25, 0.3) is 0 Å². The van der Waals surface area contributed by atoms with Crippen molar-refractivity contribution < 1.29 is 0 Å². The molecule has 15 heavy (non-hydrogen) atoms. The van der Waals surface area contributed by atoms with E-state index in [0.29, 0.717) is 0 Å². The van der Waals surface area contributed by atoms with Gasteiger partial charge in [-0.05, 0) is 19.1 Å². The van der Waals surface area contributed by atoms with E-state index < -0.39 is 0 Å². The molecule has 0 radical (unpaired) electrons. The first-order valence-corrected chi connectivity index (χ1v) is 4.61. The van der Waals surface area contributed by atoms with Gasteiger partial charge in [0.2, 0.25) is 0 Å². The van der Waals surface area contributed by atoms with Crippen LogP contribution in [-0.2, 0) is 0 Å². The summed E-state index contributed by atoms with van der Waals surface area (Å²) in [5.41, 5.74) is 2.76. The predicted octanol–water partition coefficient (Wildman–Crippen LogP) is 1.72. The third-order valence-corrected chi connectivity index (χ3v) is 2.01. The van der Waals surface area contributed by atoms with Gasteiger partial charge < -0.3 is 0 Å². The summed E-state index contributed by atoms with van der Waals surface area (Å²) in [6, 6.07) is 3.77. The summed E-state index contributed by atoms with van der Waals surface area (Å²) in [6.45, 7) is 1.96. The Bertz CT molecular complexity index is 409. The first-order chi connectivity index (χ1) is 7.42. The lowest BCUT2D eigenvalue weighted by Crippen LogP contribution is -1.94. The molecule has 2 rings (SSSR count). The molecule has 0 spiro atoms. The van der Waals surface area contributed by atoms with Crippen molar-refractivity contribution in [1.82, 2.24) is 20.2 Å². The molecule has 0 N–H and O–H groups in total. The number of hydrogen-bond donors (Lipinski definition) is 0. The molecule has 0 aromatic carbocycles. The molecule has 0 aliphatic heterocycles. The summed E-state index contributed by atoms with van der Waals surface area (Å²) in [7, 11) is 0. The maximum absolute atomic E-state index is 4.05. The number of nitrogens with zero attached hydrogens (tertiary/aromatic N) is 4. The first kappa shape index (κ1) is 9.45. The quantitative estimate of drug-likeness (QED) is 0.737. The Kier molecular flexibility index (Phi) is 2.78. The molecule has 0 aliphatic carbocycles. The van der Waals surface area contributed by atoms with Gasteiger partial charge in [0, 0.05) is 29.7 Å². The number of rotatable bonds is 2. The average Bonchev–Trinajstić information content (AvgIpc) is 2.33. The van der Waals surface area contributed by atoms with Gasteiger partial charge in [-0.25, -0.2) is 9.97 Å². The zero-order chi connectivity index (χ0) is 10.5. The number of aromatic nitrogens is 4. The highest BCUT2D eigenvalue weighted by Crippen LogP contribution is 2.18. The van der Waals surface area contributed by atoms with Crippen molar-refractivity contribution in [3.8, 4) is 0 Å². The summed E-state index contributed by atoms with van der Waals surface area (Å²) in [4.78, 5) is 7.96. The van der Waals surface area contributed by atoms with Gasteiger partial charge in [-0.15, -0.1) is 0 Å². The Hall–Kier alpha value is -2.10. The van der Waals surface area contributed by atoms with E-state index in [1.54, 1.807) is 18.6 Å². The van der Waals surface area contributed by atoms with Gasteiger partial charge in [-0.1, -0.05) is 6.08 Å². The van der Waals surface area contributed by atoms with Gasteiger partial charge in [0.05, 0.1) is 5.69 Å². The van der Waals surface area contributed by atoms with Gasteiger partial charge in [-0.3, -0.25) is 0 Å². The van der Waals surface area contributed by atoms with Crippen LogP contribution in [0.2, 0.25) is 0 Å². The van der Waals surface area contributed by atoms with Crippen LogP contribution in [0, 0.1) is 0 Å². The lowest BCUT2D eigenvalue weighted by molar-refractivity contribution is 1.01. The summed E-state index contributed by atoms with van der Waals surface area (Å²) < 4.78 is 0. The fourth-order valence-electron chi connectivity index (χ4n) is 1.35. The van der Waals surface area contributed by atoms with Crippen LogP contribution < -0.4 is 0 Å². The molecule has 4 heteroatoms. The Balaban J connectivity index is 2.44. The zero-order valence-corrected chi connectivity index (χ0v) is 8.33. The van der Waals surface area contributed by atoms with Crippen molar-refractivity contribution in [2.75, 3.05) is 0 Å². The van der Waals surface area contributed by atoms with E-state index in [0.717, 1.165) is 16.8 Å². The maximum Gasteiger partial charge on any atom is 0.115 e. The van der Waals surface area contributed by atoms with E-state index in [2.05, 4.69) is 20.2 Å². The van der Waals surface area contributed by atoms with Crippen LogP contribution in [0.1, 0.15) is 18.2 Å².